The van der Waals surface area contributed by atoms with Gasteiger partial charge in [0.15, 0.2) is 0 Å². The van der Waals surface area contributed by atoms with Crippen molar-refractivity contribution in [3.05, 3.63) is 77.2 Å². The number of hydrogen-bond acceptors (Lipinski definition) is 3. The molecular formula is C22H22FN3O. The van der Waals surface area contributed by atoms with Crippen LogP contribution in [0.1, 0.15) is 16.8 Å². The maximum atomic E-state index is 13.2. The molecule has 1 N–H and O–H groups in total. The normalized spacial score (nSPS) is 14.4. The highest BCUT2D eigenvalue weighted by molar-refractivity contribution is 5.64. The van der Waals surface area contributed by atoms with E-state index in [1.54, 1.807) is 19.2 Å². The zero-order chi connectivity index (χ0) is 18.6. The number of ether oxygens (including phenoxy) is 1. The summed E-state index contributed by atoms with van der Waals surface area (Å²) in [5, 5.41) is 7.62. The van der Waals surface area contributed by atoms with Crippen LogP contribution in [0, 0.1) is 5.82 Å². The highest BCUT2D eigenvalue weighted by Crippen LogP contribution is 2.28. The third-order valence-corrected chi connectivity index (χ3v) is 4.92. The molecule has 4 rings (SSSR count). The van der Waals surface area contributed by atoms with Crippen molar-refractivity contribution in [1.29, 1.82) is 0 Å². The molecule has 2 aromatic carbocycles. The molecular weight excluding hydrogens is 341 g/mol. The van der Waals surface area contributed by atoms with Gasteiger partial charge in [-0.2, -0.15) is 5.10 Å². The molecule has 1 aromatic heterocycles. The number of rotatable bonds is 5. The van der Waals surface area contributed by atoms with Crippen LogP contribution in [0.15, 0.2) is 54.6 Å². The number of aromatic amines is 1. The van der Waals surface area contributed by atoms with Crippen molar-refractivity contribution in [3.63, 3.8) is 0 Å². The maximum Gasteiger partial charge on any atom is 0.123 e. The van der Waals surface area contributed by atoms with Crippen LogP contribution in [-0.2, 0) is 13.0 Å². The van der Waals surface area contributed by atoms with E-state index in [2.05, 4.69) is 27.2 Å². The lowest BCUT2D eigenvalue weighted by Gasteiger charge is -2.25. The van der Waals surface area contributed by atoms with Gasteiger partial charge in [-0.3, -0.25) is 10.00 Å². The van der Waals surface area contributed by atoms with E-state index in [-0.39, 0.29) is 5.82 Å². The highest BCUT2D eigenvalue weighted by Gasteiger charge is 2.22. The Bertz CT molecular complexity index is 929. The number of nitrogens with one attached hydrogen (secondary N) is 1. The lowest BCUT2D eigenvalue weighted by atomic mass is 10.0. The van der Waals surface area contributed by atoms with E-state index in [0.29, 0.717) is 0 Å². The van der Waals surface area contributed by atoms with Crippen LogP contribution in [0.25, 0.3) is 17.3 Å². The molecule has 3 aromatic rings. The number of methoxy groups -OCH3 is 1. The predicted molar refractivity (Wildman–Crippen MR) is 105 cm³/mol. The van der Waals surface area contributed by atoms with Gasteiger partial charge in [0.25, 0.3) is 0 Å². The van der Waals surface area contributed by atoms with Gasteiger partial charge in [0.2, 0.25) is 0 Å². The average molecular weight is 363 g/mol. The van der Waals surface area contributed by atoms with E-state index >= 15 is 0 Å². The van der Waals surface area contributed by atoms with E-state index in [0.717, 1.165) is 48.6 Å². The van der Waals surface area contributed by atoms with Gasteiger partial charge in [-0.1, -0.05) is 24.3 Å². The monoisotopic (exact) mass is 363 g/mol. The Balaban J connectivity index is 1.44. The van der Waals surface area contributed by atoms with Gasteiger partial charge in [-0.25, -0.2) is 4.39 Å². The van der Waals surface area contributed by atoms with Gasteiger partial charge in [0, 0.05) is 42.9 Å². The topological polar surface area (TPSA) is 41.1 Å². The first kappa shape index (κ1) is 17.5. The molecule has 2 heterocycles. The Kier molecular flexibility index (Phi) is 5.03. The lowest BCUT2D eigenvalue weighted by molar-refractivity contribution is 0.281. The number of benzene rings is 2. The van der Waals surface area contributed by atoms with Gasteiger partial charge < -0.3 is 4.74 Å². The van der Waals surface area contributed by atoms with Crippen LogP contribution in [-0.4, -0.2) is 35.3 Å². The fourth-order valence-electron chi connectivity index (χ4n) is 3.41. The zero-order valence-electron chi connectivity index (χ0n) is 15.3. The van der Waals surface area contributed by atoms with Gasteiger partial charge >= 0.3 is 0 Å². The number of fused-ring (bicyclic) bond motifs is 1. The first-order valence-corrected chi connectivity index (χ1v) is 9.08. The molecule has 0 unspecified atom stereocenters. The Morgan fingerprint density at radius 1 is 1.15 bits per heavy atom. The third kappa shape index (κ3) is 3.93. The number of halogens is 1. The molecule has 1 aliphatic heterocycles. The zero-order valence-corrected chi connectivity index (χ0v) is 15.3. The van der Waals surface area contributed by atoms with Crippen LogP contribution in [0.4, 0.5) is 4.39 Å². The van der Waals surface area contributed by atoms with Crippen LogP contribution in [0.3, 0.4) is 0 Å². The van der Waals surface area contributed by atoms with Gasteiger partial charge in [-0.05, 0) is 42.0 Å². The summed E-state index contributed by atoms with van der Waals surface area (Å²) in [7, 11) is 1.67. The van der Waals surface area contributed by atoms with Crippen molar-refractivity contribution in [2.24, 2.45) is 0 Å². The highest BCUT2D eigenvalue weighted by atomic mass is 19.1. The summed E-state index contributed by atoms with van der Waals surface area (Å²) < 4.78 is 18.4. The van der Waals surface area contributed by atoms with Gasteiger partial charge in [0.1, 0.15) is 11.6 Å². The van der Waals surface area contributed by atoms with Gasteiger partial charge in [0.05, 0.1) is 12.8 Å². The first-order chi connectivity index (χ1) is 13.2. The van der Waals surface area contributed by atoms with E-state index in [9.17, 15) is 4.39 Å². The summed E-state index contributed by atoms with van der Waals surface area (Å²) in [6.07, 6.45) is 5.26. The number of aromatic nitrogens is 2. The molecule has 5 heteroatoms. The molecule has 27 heavy (non-hydrogen) atoms. The molecule has 0 saturated carbocycles. The Morgan fingerprint density at radius 3 is 2.67 bits per heavy atom. The summed E-state index contributed by atoms with van der Waals surface area (Å²) in [5.74, 6) is 0.637. The summed E-state index contributed by atoms with van der Waals surface area (Å²) in [5.41, 5.74) is 5.43. The molecule has 0 amide bonds. The van der Waals surface area contributed by atoms with E-state index in [1.165, 1.54) is 23.4 Å². The second-order valence-corrected chi connectivity index (χ2v) is 6.70. The minimum atomic E-state index is -0.228. The summed E-state index contributed by atoms with van der Waals surface area (Å²) >= 11 is 0. The van der Waals surface area contributed by atoms with Crippen molar-refractivity contribution in [2.75, 3.05) is 20.2 Å². The summed E-state index contributed by atoms with van der Waals surface area (Å²) in [4.78, 5) is 2.39. The van der Waals surface area contributed by atoms with Crippen LogP contribution in [0.2, 0.25) is 0 Å². The number of H-pyrrole nitrogens is 1. The lowest BCUT2D eigenvalue weighted by Crippen LogP contribution is -2.30. The SMILES string of the molecule is COc1ccc(/C=C/CN2CCc3[nH]nc(-c4ccc(F)cc4)c3C2)cc1. The molecule has 0 bridgehead atoms. The Morgan fingerprint density at radius 2 is 1.93 bits per heavy atom. The van der Waals surface area contributed by atoms with Crippen LogP contribution >= 0.6 is 0 Å². The number of hydrogen-bond donors (Lipinski definition) is 1. The molecule has 4 nitrogen and oxygen atoms in total. The summed E-state index contributed by atoms with van der Waals surface area (Å²) in [6.45, 7) is 2.70. The Labute approximate surface area is 158 Å². The molecule has 0 aliphatic carbocycles. The van der Waals surface area contributed by atoms with E-state index < -0.39 is 0 Å². The van der Waals surface area contributed by atoms with Crippen molar-refractivity contribution in [2.45, 2.75) is 13.0 Å². The summed E-state index contributed by atoms with van der Waals surface area (Å²) in [6, 6.07) is 14.6. The molecule has 138 valence electrons. The quantitative estimate of drug-likeness (QED) is 0.735. The predicted octanol–water partition coefficient (Wildman–Crippen LogP) is 4.30. The van der Waals surface area contributed by atoms with Crippen molar-refractivity contribution >= 4 is 6.08 Å². The molecule has 0 spiro atoms. The van der Waals surface area contributed by atoms with Crippen molar-refractivity contribution < 1.29 is 9.13 Å². The maximum absolute atomic E-state index is 13.2. The van der Waals surface area contributed by atoms with E-state index in [1.807, 2.05) is 24.3 Å². The fourth-order valence-corrected chi connectivity index (χ4v) is 3.41. The van der Waals surface area contributed by atoms with Crippen molar-refractivity contribution in [1.82, 2.24) is 15.1 Å². The second kappa shape index (κ2) is 7.76. The Hall–Kier alpha value is -2.92. The molecule has 0 radical (unpaired) electrons. The second-order valence-electron chi connectivity index (χ2n) is 6.70. The molecule has 0 saturated heterocycles. The minimum Gasteiger partial charge on any atom is -0.497 e. The molecule has 0 atom stereocenters. The van der Waals surface area contributed by atoms with E-state index in [4.69, 9.17) is 4.74 Å². The van der Waals surface area contributed by atoms with Crippen LogP contribution in [0.5, 0.6) is 5.75 Å². The standard InChI is InChI=1S/C22H22FN3O/c1-27-19-10-4-16(5-11-19)3-2-13-26-14-12-21-20(15-26)22(25-24-21)17-6-8-18(23)9-7-17/h2-11H,12-15H2,1H3,(H,24,25)/b3-2+. The molecule has 0 fully saturated rings. The minimum absolute atomic E-state index is 0.228. The number of nitrogens with zero attached hydrogens (tertiary/aromatic N) is 2. The van der Waals surface area contributed by atoms with Crippen LogP contribution < -0.4 is 4.74 Å². The van der Waals surface area contributed by atoms with Crippen molar-refractivity contribution in [3.8, 4) is 17.0 Å². The fraction of sp³-hybridized carbons (Fsp3) is 0.227. The molecule has 1 aliphatic rings. The smallest absolute Gasteiger partial charge is 0.123 e. The first-order valence-electron chi connectivity index (χ1n) is 9.08. The largest absolute Gasteiger partial charge is 0.497 e. The van der Waals surface area contributed by atoms with Gasteiger partial charge in [-0.15, -0.1) is 0 Å². The third-order valence-electron chi connectivity index (χ3n) is 4.92. The average Bonchev–Trinajstić information content (AvgIpc) is 3.12.